The summed E-state index contributed by atoms with van der Waals surface area (Å²) in [4.78, 5) is 12.6. The number of anilines is 1. The Labute approximate surface area is 146 Å². The molecular weight excluding hydrogens is 347 g/mol. The molecule has 26 heavy (non-hydrogen) atoms. The van der Waals surface area contributed by atoms with E-state index >= 15 is 0 Å². The predicted octanol–water partition coefficient (Wildman–Crippen LogP) is 3.82. The summed E-state index contributed by atoms with van der Waals surface area (Å²) in [6.07, 6.45) is 2.45. The minimum atomic E-state index is -4.71. The van der Waals surface area contributed by atoms with E-state index in [9.17, 15) is 13.2 Å². The topological polar surface area (TPSA) is 78.8 Å². The van der Waals surface area contributed by atoms with Gasteiger partial charge in [0.25, 0.3) is 0 Å². The van der Waals surface area contributed by atoms with Crippen LogP contribution in [0.15, 0.2) is 42.9 Å². The monoisotopic (exact) mass is 361 g/mol. The maximum absolute atomic E-state index is 12.3. The third-order valence-electron chi connectivity index (χ3n) is 3.99. The Kier molecular flexibility index (Phi) is 3.78. The molecule has 0 aliphatic heterocycles. The van der Waals surface area contributed by atoms with Crippen molar-refractivity contribution in [3.8, 4) is 28.4 Å². The summed E-state index contributed by atoms with van der Waals surface area (Å²) in [6, 6.07) is 6.02. The molecule has 0 bridgehead atoms. The van der Waals surface area contributed by atoms with Crippen LogP contribution in [0, 0.1) is 0 Å². The van der Waals surface area contributed by atoms with E-state index in [1.807, 2.05) is 10.8 Å². The lowest BCUT2D eigenvalue weighted by atomic mass is 10.2. The first-order chi connectivity index (χ1) is 12.4. The van der Waals surface area contributed by atoms with E-state index in [0.717, 1.165) is 18.4 Å². The van der Waals surface area contributed by atoms with E-state index in [1.54, 1.807) is 24.5 Å². The summed E-state index contributed by atoms with van der Waals surface area (Å²) in [7, 11) is 0. The summed E-state index contributed by atoms with van der Waals surface area (Å²) >= 11 is 0. The Morgan fingerprint density at radius 2 is 1.69 bits per heavy atom. The molecule has 1 saturated carbocycles. The van der Waals surface area contributed by atoms with E-state index < -0.39 is 6.36 Å². The molecular formula is C17H14F3N5O. The van der Waals surface area contributed by atoms with Gasteiger partial charge in [0.05, 0.1) is 5.69 Å². The van der Waals surface area contributed by atoms with E-state index in [2.05, 4.69) is 19.7 Å². The van der Waals surface area contributed by atoms with Crippen LogP contribution in [0.2, 0.25) is 0 Å². The Balaban J connectivity index is 1.68. The number of ether oxygens (including phenoxy) is 1. The number of imidazole rings is 1. The fourth-order valence-corrected chi connectivity index (χ4v) is 2.65. The molecule has 0 spiro atoms. The number of nitrogen functional groups attached to an aromatic ring is 1. The van der Waals surface area contributed by atoms with Crippen molar-refractivity contribution in [3.63, 3.8) is 0 Å². The van der Waals surface area contributed by atoms with E-state index in [4.69, 9.17) is 5.73 Å². The van der Waals surface area contributed by atoms with Crippen molar-refractivity contribution in [1.29, 1.82) is 0 Å². The number of aromatic nitrogens is 4. The van der Waals surface area contributed by atoms with Gasteiger partial charge in [-0.25, -0.2) is 15.0 Å². The quantitative estimate of drug-likeness (QED) is 0.764. The van der Waals surface area contributed by atoms with E-state index in [1.165, 1.54) is 12.1 Å². The smallest absolute Gasteiger partial charge is 0.406 e. The molecule has 2 aromatic heterocycles. The van der Waals surface area contributed by atoms with Crippen LogP contribution in [-0.4, -0.2) is 25.9 Å². The lowest BCUT2D eigenvalue weighted by molar-refractivity contribution is -0.274. The van der Waals surface area contributed by atoms with Crippen molar-refractivity contribution >= 4 is 5.95 Å². The zero-order chi connectivity index (χ0) is 18.3. The first-order valence-electron chi connectivity index (χ1n) is 7.92. The van der Waals surface area contributed by atoms with Gasteiger partial charge < -0.3 is 15.0 Å². The van der Waals surface area contributed by atoms with Crippen molar-refractivity contribution in [1.82, 2.24) is 19.5 Å². The standard InChI is InChI=1S/C17H14F3N5O/c18-17(19,20)26-13-5-1-10(2-6-13)15-24-14(9-25(15)12-3-4-12)11-7-22-16(21)23-8-11/h1-2,5-9,12H,3-4H2,(H2,21,22,23). The molecule has 4 rings (SSSR count). The molecule has 0 atom stereocenters. The van der Waals surface area contributed by atoms with Crippen LogP contribution in [0.25, 0.3) is 22.6 Å². The van der Waals surface area contributed by atoms with Crippen LogP contribution in [0.4, 0.5) is 19.1 Å². The molecule has 0 radical (unpaired) electrons. The molecule has 1 aromatic carbocycles. The van der Waals surface area contributed by atoms with Crippen LogP contribution in [0.1, 0.15) is 18.9 Å². The van der Waals surface area contributed by atoms with Crippen LogP contribution >= 0.6 is 0 Å². The van der Waals surface area contributed by atoms with Gasteiger partial charge in [-0.1, -0.05) is 0 Å². The predicted molar refractivity (Wildman–Crippen MR) is 88.1 cm³/mol. The molecule has 6 nitrogen and oxygen atoms in total. The minimum absolute atomic E-state index is 0.177. The van der Waals surface area contributed by atoms with Gasteiger partial charge in [0.15, 0.2) is 0 Å². The lowest BCUT2D eigenvalue weighted by Crippen LogP contribution is -2.16. The SMILES string of the molecule is Nc1ncc(-c2cn(C3CC3)c(-c3ccc(OC(F)(F)F)cc3)n2)cn1. The van der Waals surface area contributed by atoms with Crippen molar-refractivity contribution in [2.24, 2.45) is 0 Å². The fraction of sp³-hybridized carbons (Fsp3) is 0.235. The summed E-state index contributed by atoms with van der Waals surface area (Å²) in [5.74, 6) is 0.590. The number of halogens is 3. The second-order valence-electron chi connectivity index (χ2n) is 5.99. The zero-order valence-corrected chi connectivity index (χ0v) is 13.4. The van der Waals surface area contributed by atoms with E-state index in [0.29, 0.717) is 23.1 Å². The molecule has 0 amide bonds. The van der Waals surface area contributed by atoms with Gasteiger partial charge in [0.1, 0.15) is 11.6 Å². The highest BCUT2D eigenvalue weighted by atomic mass is 19.4. The first kappa shape index (κ1) is 16.4. The Morgan fingerprint density at radius 3 is 2.27 bits per heavy atom. The van der Waals surface area contributed by atoms with Gasteiger partial charge in [0.2, 0.25) is 5.95 Å². The lowest BCUT2D eigenvalue weighted by Gasteiger charge is -2.10. The molecule has 0 saturated heterocycles. The zero-order valence-electron chi connectivity index (χ0n) is 13.4. The highest BCUT2D eigenvalue weighted by Gasteiger charge is 2.31. The van der Waals surface area contributed by atoms with E-state index in [-0.39, 0.29) is 11.7 Å². The Hall–Kier alpha value is -3.10. The van der Waals surface area contributed by atoms with Crippen molar-refractivity contribution in [3.05, 3.63) is 42.9 Å². The molecule has 1 aliphatic carbocycles. The summed E-state index contributed by atoms with van der Waals surface area (Å²) < 4.78 is 42.9. The number of hydrogen-bond donors (Lipinski definition) is 1. The summed E-state index contributed by atoms with van der Waals surface area (Å²) in [5.41, 5.74) is 7.61. The highest BCUT2D eigenvalue weighted by Crippen LogP contribution is 2.40. The number of nitrogens with zero attached hydrogens (tertiary/aromatic N) is 4. The Bertz CT molecular complexity index is 915. The van der Waals surface area contributed by atoms with Crippen molar-refractivity contribution in [2.45, 2.75) is 25.2 Å². The first-order valence-corrected chi connectivity index (χ1v) is 7.92. The van der Waals surface area contributed by atoms with Crippen LogP contribution in [-0.2, 0) is 0 Å². The van der Waals surface area contributed by atoms with Crippen LogP contribution in [0.3, 0.4) is 0 Å². The largest absolute Gasteiger partial charge is 0.573 e. The van der Waals surface area contributed by atoms with Crippen LogP contribution in [0.5, 0.6) is 5.75 Å². The number of hydrogen-bond acceptors (Lipinski definition) is 5. The highest BCUT2D eigenvalue weighted by molar-refractivity contribution is 5.65. The molecule has 0 unspecified atom stereocenters. The van der Waals surface area contributed by atoms with Crippen molar-refractivity contribution < 1.29 is 17.9 Å². The second kappa shape index (κ2) is 6.01. The number of alkyl halides is 3. The molecule has 2 N–H and O–H groups in total. The number of nitrogens with two attached hydrogens (primary N) is 1. The average molecular weight is 361 g/mol. The maximum Gasteiger partial charge on any atom is 0.573 e. The fourth-order valence-electron chi connectivity index (χ4n) is 2.65. The third kappa shape index (κ3) is 3.46. The number of benzene rings is 1. The van der Waals surface area contributed by atoms with Gasteiger partial charge in [-0.15, -0.1) is 13.2 Å². The molecule has 1 fully saturated rings. The molecule has 9 heteroatoms. The second-order valence-corrected chi connectivity index (χ2v) is 5.99. The normalized spacial score (nSPS) is 14.4. The van der Waals surface area contributed by atoms with Crippen molar-refractivity contribution in [2.75, 3.05) is 5.73 Å². The van der Waals surface area contributed by atoms with Gasteiger partial charge in [-0.3, -0.25) is 0 Å². The van der Waals surface area contributed by atoms with Gasteiger partial charge in [-0.05, 0) is 37.1 Å². The third-order valence-corrected chi connectivity index (χ3v) is 3.99. The minimum Gasteiger partial charge on any atom is -0.406 e. The summed E-state index contributed by atoms with van der Waals surface area (Å²) in [5, 5.41) is 0. The van der Waals surface area contributed by atoms with Gasteiger partial charge in [-0.2, -0.15) is 0 Å². The maximum atomic E-state index is 12.3. The molecule has 3 aromatic rings. The molecule has 1 aliphatic rings. The van der Waals surface area contributed by atoms with Crippen LogP contribution < -0.4 is 10.5 Å². The van der Waals surface area contributed by atoms with Gasteiger partial charge >= 0.3 is 6.36 Å². The molecule has 2 heterocycles. The Morgan fingerprint density at radius 1 is 1.04 bits per heavy atom. The summed E-state index contributed by atoms with van der Waals surface area (Å²) in [6.45, 7) is 0. The average Bonchev–Trinajstić information content (AvgIpc) is 3.34. The van der Waals surface area contributed by atoms with Gasteiger partial charge in [0, 0.05) is 35.8 Å². The number of rotatable bonds is 4. The molecule has 134 valence electrons.